The summed E-state index contributed by atoms with van der Waals surface area (Å²) in [5, 5.41) is 9.73. The van der Waals surface area contributed by atoms with Crippen LogP contribution < -0.4 is 0 Å². The van der Waals surface area contributed by atoms with Crippen LogP contribution in [0.15, 0.2) is 18.2 Å². The third-order valence-corrected chi connectivity index (χ3v) is 2.60. The largest absolute Gasteiger partial charge is 0.226 e. The molecule has 58 valence electrons. The van der Waals surface area contributed by atoms with Crippen LogP contribution >= 0.6 is 22.9 Å². The van der Waals surface area contributed by atoms with Crippen molar-refractivity contribution in [1.82, 2.24) is 4.98 Å². The van der Waals surface area contributed by atoms with Crippen molar-refractivity contribution in [3.8, 4) is 6.07 Å². The van der Waals surface area contributed by atoms with E-state index in [0.717, 1.165) is 10.2 Å². The van der Waals surface area contributed by atoms with Gasteiger partial charge in [-0.3, -0.25) is 0 Å². The molecule has 0 amide bonds. The van der Waals surface area contributed by atoms with E-state index in [1.165, 1.54) is 11.3 Å². The molecule has 0 spiro atoms. The van der Waals surface area contributed by atoms with Crippen LogP contribution in [0.5, 0.6) is 0 Å². The summed E-state index contributed by atoms with van der Waals surface area (Å²) in [5.41, 5.74) is 0.834. The Morgan fingerprint density at radius 3 is 3.08 bits per heavy atom. The van der Waals surface area contributed by atoms with E-state index in [-0.39, 0.29) is 0 Å². The molecule has 0 unspecified atom stereocenters. The Hall–Kier alpha value is -1.11. The first-order valence-electron chi connectivity index (χ1n) is 3.26. The highest BCUT2D eigenvalue weighted by molar-refractivity contribution is 7.19. The number of fused-ring (bicyclic) bond motifs is 1. The fraction of sp³-hybridized carbons (Fsp3) is 0. The van der Waals surface area contributed by atoms with Crippen molar-refractivity contribution in [3.05, 3.63) is 28.2 Å². The van der Waals surface area contributed by atoms with Gasteiger partial charge in [0.1, 0.15) is 6.07 Å². The number of benzene rings is 1. The second kappa shape index (κ2) is 2.74. The molecule has 0 N–H and O–H groups in total. The van der Waals surface area contributed by atoms with Gasteiger partial charge >= 0.3 is 0 Å². The first-order valence-corrected chi connectivity index (χ1v) is 4.45. The lowest BCUT2D eigenvalue weighted by Crippen LogP contribution is -1.68. The maximum atomic E-state index is 8.57. The van der Waals surface area contributed by atoms with Crippen LogP contribution in [0.25, 0.3) is 10.2 Å². The van der Waals surface area contributed by atoms with Crippen molar-refractivity contribution >= 4 is 33.2 Å². The van der Waals surface area contributed by atoms with Gasteiger partial charge in [-0.05, 0) is 18.2 Å². The van der Waals surface area contributed by atoms with Crippen LogP contribution in [0.4, 0.5) is 0 Å². The molecular formula is C8H3ClN2S. The molecule has 2 rings (SSSR count). The van der Waals surface area contributed by atoms with E-state index in [1.807, 2.05) is 18.2 Å². The van der Waals surface area contributed by atoms with E-state index in [1.54, 1.807) is 6.07 Å². The lowest BCUT2D eigenvalue weighted by Gasteiger charge is -1.86. The summed E-state index contributed by atoms with van der Waals surface area (Å²) in [6.45, 7) is 0. The SMILES string of the molecule is N#Cc1nc2ccc(Cl)cc2s1. The number of hydrogen-bond donors (Lipinski definition) is 0. The van der Waals surface area contributed by atoms with E-state index in [0.29, 0.717) is 10.0 Å². The van der Waals surface area contributed by atoms with Crippen molar-refractivity contribution in [2.75, 3.05) is 0 Å². The van der Waals surface area contributed by atoms with Crippen LogP contribution in [0.2, 0.25) is 5.02 Å². The smallest absolute Gasteiger partial charge is 0.195 e. The highest BCUT2D eigenvalue weighted by atomic mass is 35.5. The monoisotopic (exact) mass is 194 g/mol. The van der Waals surface area contributed by atoms with Crippen molar-refractivity contribution < 1.29 is 0 Å². The first-order chi connectivity index (χ1) is 5.79. The number of hydrogen-bond acceptors (Lipinski definition) is 3. The molecule has 0 saturated carbocycles. The van der Waals surface area contributed by atoms with E-state index in [9.17, 15) is 0 Å². The maximum absolute atomic E-state index is 8.57. The molecule has 1 heterocycles. The maximum Gasteiger partial charge on any atom is 0.195 e. The molecule has 0 atom stereocenters. The van der Waals surface area contributed by atoms with Gasteiger partial charge in [0.2, 0.25) is 0 Å². The van der Waals surface area contributed by atoms with Crippen LogP contribution in [0.1, 0.15) is 5.01 Å². The van der Waals surface area contributed by atoms with Gasteiger partial charge in [-0.25, -0.2) is 4.98 Å². The molecule has 4 heteroatoms. The summed E-state index contributed by atoms with van der Waals surface area (Å²) in [6, 6.07) is 7.40. The molecule has 0 bridgehead atoms. The molecule has 0 aliphatic carbocycles. The molecule has 1 aromatic carbocycles. The predicted octanol–water partition coefficient (Wildman–Crippen LogP) is 2.82. The Morgan fingerprint density at radius 2 is 2.33 bits per heavy atom. The zero-order valence-electron chi connectivity index (χ0n) is 5.91. The van der Waals surface area contributed by atoms with E-state index in [4.69, 9.17) is 16.9 Å². The molecular weight excluding hydrogens is 192 g/mol. The Kier molecular flexibility index (Phi) is 1.72. The van der Waals surface area contributed by atoms with Crippen molar-refractivity contribution in [2.45, 2.75) is 0 Å². The highest BCUT2D eigenvalue weighted by Crippen LogP contribution is 2.24. The molecule has 0 saturated heterocycles. The standard InChI is InChI=1S/C8H3ClN2S/c9-5-1-2-6-7(3-5)12-8(4-10)11-6/h1-3H. The lowest BCUT2D eigenvalue weighted by molar-refractivity contribution is 1.40. The lowest BCUT2D eigenvalue weighted by atomic mass is 10.3. The van der Waals surface area contributed by atoms with Gasteiger partial charge in [0.05, 0.1) is 10.2 Å². The van der Waals surface area contributed by atoms with Gasteiger partial charge in [-0.1, -0.05) is 11.6 Å². The number of nitriles is 1. The highest BCUT2D eigenvalue weighted by Gasteiger charge is 2.01. The minimum Gasteiger partial charge on any atom is -0.226 e. The molecule has 12 heavy (non-hydrogen) atoms. The van der Waals surface area contributed by atoms with E-state index < -0.39 is 0 Å². The third kappa shape index (κ3) is 1.15. The minimum absolute atomic E-state index is 0.479. The van der Waals surface area contributed by atoms with Crippen molar-refractivity contribution in [2.24, 2.45) is 0 Å². The van der Waals surface area contributed by atoms with Crippen LogP contribution in [0.3, 0.4) is 0 Å². The average Bonchev–Trinajstić information content (AvgIpc) is 2.46. The Morgan fingerprint density at radius 1 is 1.50 bits per heavy atom. The predicted molar refractivity (Wildman–Crippen MR) is 49.3 cm³/mol. The molecule has 0 radical (unpaired) electrons. The summed E-state index contributed by atoms with van der Waals surface area (Å²) in [7, 11) is 0. The van der Waals surface area contributed by atoms with Gasteiger partial charge in [-0.15, -0.1) is 11.3 Å². The van der Waals surface area contributed by atoms with Gasteiger partial charge in [0.25, 0.3) is 0 Å². The quantitative estimate of drug-likeness (QED) is 0.647. The Bertz CT molecular complexity index is 469. The van der Waals surface area contributed by atoms with Crippen LogP contribution in [0, 0.1) is 11.3 Å². The summed E-state index contributed by atoms with van der Waals surface area (Å²) < 4.78 is 0.957. The van der Waals surface area contributed by atoms with E-state index >= 15 is 0 Å². The molecule has 2 nitrogen and oxygen atoms in total. The number of nitrogens with zero attached hydrogens (tertiary/aromatic N) is 2. The summed E-state index contributed by atoms with van der Waals surface area (Å²) in [5.74, 6) is 0. The number of thiazole rings is 1. The van der Waals surface area contributed by atoms with E-state index in [2.05, 4.69) is 4.98 Å². The van der Waals surface area contributed by atoms with Gasteiger partial charge in [0, 0.05) is 5.02 Å². The molecule has 1 aromatic heterocycles. The normalized spacial score (nSPS) is 10.0. The van der Waals surface area contributed by atoms with Crippen molar-refractivity contribution in [1.29, 1.82) is 5.26 Å². The van der Waals surface area contributed by atoms with Gasteiger partial charge in [0.15, 0.2) is 5.01 Å². The fourth-order valence-corrected chi connectivity index (χ4v) is 1.99. The van der Waals surface area contributed by atoms with Crippen molar-refractivity contribution in [3.63, 3.8) is 0 Å². The molecule has 0 aliphatic rings. The summed E-state index contributed by atoms with van der Waals surface area (Å²) in [4.78, 5) is 4.07. The molecule has 0 aliphatic heterocycles. The Labute approximate surface area is 78.0 Å². The molecule has 2 aromatic rings. The molecule has 0 fully saturated rings. The fourth-order valence-electron chi connectivity index (χ4n) is 0.946. The average molecular weight is 195 g/mol. The first kappa shape index (κ1) is 7.53. The number of rotatable bonds is 0. The zero-order valence-corrected chi connectivity index (χ0v) is 7.49. The second-order valence-corrected chi connectivity index (χ2v) is 3.71. The third-order valence-electron chi connectivity index (χ3n) is 1.45. The second-order valence-electron chi connectivity index (χ2n) is 2.24. The number of halogens is 1. The number of aromatic nitrogens is 1. The zero-order chi connectivity index (χ0) is 8.55. The minimum atomic E-state index is 0.479. The summed E-state index contributed by atoms with van der Waals surface area (Å²) in [6.07, 6.45) is 0. The Balaban J connectivity index is 2.77. The van der Waals surface area contributed by atoms with Crippen LogP contribution in [-0.2, 0) is 0 Å². The van der Waals surface area contributed by atoms with Gasteiger partial charge < -0.3 is 0 Å². The van der Waals surface area contributed by atoms with Crippen LogP contribution in [-0.4, -0.2) is 4.98 Å². The topological polar surface area (TPSA) is 36.7 Å². The van der Waals surface area contributed by atoms with Gasteiger partial charge in [-0.2, -0.15) is 5.26 Å². The summed E-state index contributed by atoms with van der Waals surface area (Å²) >= 11 is 7.12.